The number of pyridine rings is 1. The highest BCUT2D eigenvalue weighted by atomic mass is 16.2. The molecule has 0 aliphatic rings. The third-order valence-corrected chi connectivity index (χ3v) is 2.59. The first-order valence-electron chi connectivity index (χ1n) is 6.66. The fraction of sp³-hybridized carbons (Fsp3) is 0.467. The van der Waals surface area contributed by atoms with Crippen molar-refractivity contribution in [2.24, 2.45) is 5.73 Å². The molecule has 1 aromatic heterocycles. The molecule has 102 valence electrons. The summed E-state index contributed by atoms with van der Waals surface area (Å²) >= 11 is 0. The number of carbonyl (C=O) groups is 1. The zero-order valence-corrected chi connectivity index (χ0v) is 11.6. The minimum atomic E-state index is 0.0209. The number of nitrogens with zero attached hydrogens (tertiary/aromatic N) is 2. The predicted molar refractivity (Wildman–Crippen MR) is 76.7 cm³/mol. The van der Waals surface area contributed by atoms with Crippen LogP contribution in [0.2, 0.25) is 0 Å². The van der Waals surface area contributed by atoms with Gasteiger partial charge in [-0.2, -0.15) is 0 Å². The van der Waals surface area contributed by atoms with E-state index in [9.17, 15) is 4.79 Å². The third kappa shape index (κ3) is 4.72. The molecule has 1 amide bonds. The molecule has 4 heteroatoms. The van der Waals surface area contributed by atoms with Crippen molar-refractivity contribution in [2.75, 3.05) is 19.6 Å². The first-order chi connectivity index (χ1) is 9.22. The summed E-state index contributed by atoms with van der Waals surface area (Å²) in [6.07, 6.45) is 5.13. The number of rotatable bonds is 5. The molecule has 0 saturated heterocycles. The van der Waals surface area contributed by atoms with Crippen LogP contribution in [0.4, 0.5) is 0 Å². The summed E-state index contributed by atoms with van der Waals surface area (Å²) < 4.78 is 0. The Balaban J connectivity index is 2.91. The molecule has 0 spiro atoms. The van der Waals surface area contributed by atoms with Crippen molar-refractivity contribution >= 4 is 5.91 Å². The van der Waals surface area contributed by atoms with Gasteiger partial charge in [0.05, 0.1) is 12.1 Å². The number of aromatic nitrogens is 1. The van der Waals surface area contributed by atoms with E-state index in [1.54, 1.807) is 18.5 Å². The third-order valence-electron chi connectivity index (χ3n) is 2.59. The molecule has 19 heavy (non-hydrogen) atoms. The van der Waals surface area contributed by atoms with Crippen LogP contribution < -0.4 is 5.73 Å². The smallest absolute Gasteiger partial charge is 0.255 e. The van der Waals surface area contributed by atoms with E-state index in [1.807, 2.05) is 4.90 Å². The van der Waals surface area contributed by atoms with Crippen molar-refractivity contribution in [1.82, 2.24) is 9.88 Å². The second kappa shape index (κ2) is 8.28. The lowest BCUT2D eigenvalue weighted by Gasteiger charge is -2.21. The summed E-state index contributed by atoms with van der Waals surface area (Å²) in [7, 11) is 0. The topological polar surface area (TPSA) is 59.2 Å². The lowest BCUT2D eigenvalue weighted by atomic mass is 10.1. The van der Waals surface area contributed by atoms with Crippen molar-refractivity contribution < 1.29 is 4.79 Å². The molecule has 0 aliphatic heterocycles. The highest BCUT2D eigenvalue weighted by Gasteiger charge is 2.14. The Labute approximate surface area is 115 Å². The molecule has 0 aliphatic carbocycles. The van der Waals surface area contributed by atoms with Crippen LogP contribution in [0.5, 0.6) is 0 Å². The fourth-order valence-electron chi connectivity index (χ4n) is 1.82. The van der Waals surface area contributed by atoms with Gasteiger partial charge in [-0.25, -0.2) is 0 Å². The van der Waals surface area contributed by atoms with E-state index in [0.29, 0.717) is 12.1 Å². The van der Waals surface area contributed by atoms with Crippen molar-refractivity contribution in [3.63, 3.8) is 0 Å². The van der Waals surface area contributed by atoms with Crippen LogP contribution in [0.25, 0.3) is 0 Å². The van der Waals surface area contributed by atoms with E-state index in [4.69, 9.17) is 5.73 Å². The van der Waals surface area contributed by atoms with Crippen LogP contribution in [-0.2, 0) is 0 Å². The maximum absolute atomic E-state index is 12.4. The number of hydrogen-bond donors (Lipinski definition) is 1. The summed E-state index contributed by atoms with van der Waals surface area (Å²) in [5.74, 6) is 5.68. The molecule has 1 aromatic rings. The molecule has 0 saturated carbocycles. The van der Waals surface area contributed by atoms with Crippen LogP contribution in [0.3, 0.4) is 0 Å². The first kappa shape index (κ1) is 15.2. The van der Waals surface area contributed by atoms with Crippen molar-refractivity contribution in [3.05, 3.63) is 29.6 Å². The maximum atomic E-state index is 12.4. The number of nitrogens with two attached hydrogens (primary N) is 1. The Hall–Kier alpha value is -1.86. The van der Waals surface area contributed by atoms with E-state index in [1.165, 1.54) is 0 Å². The predicted octanol–water partition coefficient (Wildman–Crippen LogP) is 1.65. The number of carbonyl (C=O) groups excluding carboxylic acids is 1. The van der Waals surface area contributed by atoms with Crippen LogP contribution in [0.1, 0.15) is 42.6 Å². The minimum Gasteiger partial charge on any atom is -0.339 e. The number of hydrogen-bond acceptors (Lipinski definition) is 3. The highest BCUT2D eigenvalue weighted by molar-refractivity contribution is 5.94. The van der Waals surface area contributed by atoms with E-state index in [-0.39, 0.29) is 5.91 Å². The Morgan fingerprint density at radius 1 is 1.32 bits per heavy atom. The van der Waals surface area contributed by atoms with E-state index >= 15 is 0 Å². The van der Waals surface area contributed by atoms with Crippen LogP contribution in [0.15, 0.2) is 18.5 Å². The standard InChI is InChI=1S/C15H21N3O/c1-3-8-18(9-4-2)15(19)14-10-13(6-5-7-16)11-17-12-14/h10-12H,3-4,7-9,16H2,1-2H3. The van der Waals surface area contributed by atoms with Gasteiger partial charge in [-0.15, -0.1) is 0 Å². The lowest BCUT2D eigenvalue weighted by molar-refractivity contribution is 0.0755. The molecule has 0 fully saturated rings. The second-order valence-corrected chi connectivity index (χ2v) is 4.26. The molecule has 0 aromatic carbocycles. The summed E-state index contributed by atoms with van der Waals surface area (Å²) in [5.41, 5.74) is 6.65. The molecule has 1 rings (SSSR count). The Morgan fingerprint density at radius 2 is 2.00 bits per heavy atom. The largest absolute Gasteiger partial charge is 0.339 e. The van der Waals surface area contributed by atoms with Gasteiger partial charge >= 0.3 is 0 Å². The molecule has 2 N–H and O–H groups in total. The average Bonchev–Trinajstić information content (AvgIpc) is 2.44. The van der Waals surface area contributed by atoms with Crippen molar-refractivity contribution in [1.29, 1.82) is 0 Å². The molecule has 4 nitrogen and oxygen atoms in total. The second-order valence-electron chi connectivity index (χ2n) is 4.26. The fourth-order valence-corrected chi connectivity index (χ4v) is 1.82. The van der Waals surface area contributed by atoms with Gasteiger partial charge in [0.15, 0.2) is 0 Å². The quantitative estimate of drug-likeness (QED) is 0.818. The summed E-state index contributed by atoms with van der Waals surface area (Å²) in [6.45, 7) is 5.97. The van der Waals surface area contributed by atoms with Crippen molar-refractivity contribution in [2.45, 2.75) is 26.7 Å². The van der Waals surface area contributed by atoms with Gasteiger partial charge in [-0.3, -0.25) is 9.78 Å². The van der Waals surface area contributed by atoms with E-state index in [0.717, 1.165) is 31.5 Å². The van der Waals surface area contributed by atoms with Crippen LogP contribution >= 0.6 is 0 Å². The molecular formula is C15H21N3O. The van der Waals surface area contributed by atoms with Gasteiger partial charge in [-0.1, -0.05) is 25.7 Å². The van der Waals surface area contributed by atoms with Gasteiger partial charge in [0.2, 0.25) is 0 Å². The van der Waals surface area contributed by atoms with Crippen LogP contribution in [0, 0.1) is 11.8 Å². The molecular weight excluding hydrogens is 238 g/mol. The summed E-state index contributed by atoms with van der Waals surface area (Å²) in [6, 6.07) is 1.77. The van der Waals surface area contributed by atoms with Gasteiger partial charge in [0.25, 0.3) is 5.91 Å². The van der Waals surface area contributed by atoms with Crippen LogP contribution in [-0.4, -0.2) is 35.4 Å². The number of amides is 1. The normalized spacial score (nSPS) is 9.63. The van der Waals surface area contributed by atoms with Gasteiger partial charge in [-0.05, 0) is 18.9 Å². The van der Waals surface area contributed by atoms with Crippen molar-refractivity contribution in [3.8, 4) is 11.8 Å². The highest BCUT2D eigenvalue weighted by Crippen LogP contribution is 2.07. The molecule has 0 radical (unpaired) electrons. The molecule has 1 heterocycles. The van der Waals surface area contributed by atoms with E-state index < -0.39 is 0 Å². The Morgan fingerprint density at radius 3 is 2.58 bits per heavy atom. The monoisotopic (exact) mass is 259 g/mol. The molecule has 0 atom stereocenters. The Kier molecular flexibility index (Phi) is 6.62. The molecule has 0 bridgehead atoms. The molecule has 0 unspecified atom stereocenters. The Bertz CT molecular complexity index is 468. The summed E-state index contributed by atoms with van der Waals surface area (Å²) in [5, 5.41) is 0. The van der Waals surface area contributed by atoms with Gasteiger partial charge < -0.3 is 10.6 Å². The maximum Gasteiger partial charge on any atom is 0.255 e. The zero-order valence-electron chi connectivity index (χ0n) is 11.6. The lowest BCUT2D eigenvalue weighted by Crippen LogP contribution is -2.32. The first-order valence-corrected chi connectivity index (χ1v) is 6.66. The SMILES string of the molecule is CCCN(CCC)C(=O)c1cncc(C#CCN)c1. The van der Waals surface area contributed by atoms with E-state index in [2.05, 4.69) is 30.7 Å². The van der Waals surface area contributed by atoms with Gasteiger partial charge in [0, 0.05) is 31.0 Å². The average molecular weight is 259 g/mol. The zero-order chi connectivity index (χ0) is 14.1. The minimum absolute atomic E-state index is 0.0209. The van der Waals surface area contributed by atoms with Gasteiger partial charge in [0.1, 0.15) is 0 Å². The summed E-state index contributed by atoms with van der Waals surface area (Å²) in [4.78, 5) is 18.3.